The van der Waals surface area contributed by atoms with Crippen molar-refractivity contribution >= 4 is 17.2 Å². The third-order valence-corrected chi connectivity index (χ3v) is 3.88. The summed E-state index contributed by atoms with van der Waals surface area (Å²) in [7, 11) is 3.20. The standard InChI is InChI=1S/C21H19NO3/c1-24-18-13-11-17(12-14-18)22-16-9-7-15(8-10-16)21(23)19-5-3-4-6-20(19)25-2/h3-14,22H,1-2H3. The Morgan fingerprint density at radius 2 is 1.36 bits per heavy atom. The molecule has 0 bridgehead atoms. The fourth-order valence-electron chi connectivity index (χ4n) is 2.53. The molecule has 0 saturated carbocycles. The first-order valence-corrected chi connectivity index (χ1v) is 7.90. The van der Waals surface area contributed by atoms with E-state index in [2.05, 4.69) is 5.32 Å². The molecule has 25 heavy (non-hydrogen) atoms. The number of carbonyl (C=O) groups is 1. The van der Waals surface area contributed by atoms with E-state index in [-0.39, 0.29) is 5.78 Å². The van der Waals surface area contributed by atoms with E-state index in [0.29, 0.717) is 16.9 Å². The van der Waals surface area contributed by atoms with Gasteiger partial charge in [-0.05, 0) is 60.7 Å². The maximum absolute atomic E-state index is 12.7. The lowest BCUT2D eigenvalue weighted by molar-refractivity contribution is 0.103. The molecule has 0 aromatic heterocycles. The second-order valence-electron chi connectivity index (χ2n) is 5.46. The molecule has 4 heteroatoms. The maximum Gasteiger partial charge on any atom is 0.196 e. The smallest absolute Gasteiger partial charge is 0.196 e. The van der Waals surface area contributed by atoms with Crippen LogP contribution in [0, 0.1) is 0 Å². The van der Waals surface area contributed by atoms with Gasteiger partial charge in [-0.3, -0.25) is 4.79 Å². The van der Waals surface area contributed by atoms with E-state index in [0.717, 1.165) is 17.1 Å². The van der Waals surface area contributed by atoms with Gasteiger partial charge in [-0.15, -0.1) is 0 Å². The minimum Gasteiger partial charge on any atom is -0.497 e. The zero-order valence-electron chi connectivity index (χ0n) is 14.2. The lowest BCUT2D eigenvalue weighted by Gasteiger charge is -2.09. The summed E-state index contributed by atoms with van der Waals surface area (Å²) >= 11 is 0. The molecule has 1 N–H and O–H groups in total. The number of hydrogen-bond acceptors (Lipinski definition) is 4. The molecule has 3 rings (SSSR count). The first-order chi connectivity index (χ1) is 12.2. The molecule has 3 aromatic carbocycles. The van der Waals surface area contributed by atoms with Crippen molar-refractivity contribution in [3.8, 4) is 11.5 Å². The maximum atomic E-state index is 12.7. The van der Waals surface area contributed by atoms with Gasteiger partial charge in [0, 0.05) is 16.9 Å². The highest BCUT2D eigenvalue weighted by molar-refractivity contribution is 6.10. The quantitative estimate of drug-likeness (QED) is 0.666. The number of rotatable bonds is 6. The van der Waals surface area contributed by atoms with Crippen LogP contribution >= 0.6 is 0 Å². The van der Waals surface area contributed by atoms with Gasteiger partial charge in [-0.25, -0.2) is 0 Å². The Labute approximate surface area is 147 Å². The number of hydrogen-bond donors (Lipinski definition) is 1. The predicted molar refractivity (Wildman–Crippen MR) is 99.1 cm³/mol. The summed E-state index contributed by atoms with van der Waals surface area (Å²) in [5.74, 6) is 1.32. The molecule has 0 heterocycles. The van der Waals surface area contributed by atoms with E-state index in [9.17, 15) is 4.79 Å². The molecular weight excluding hydrogens is 314 g/mol. The monoisotopic (exact) mass is 333 g/mol. The fourth-order valence-corrected chi connectivity index (χ4v) is 2.53. The van der Waals surface area contributed by atoms with Gasteiger partial charge in [0.1, 0.15) is 11.5 Å². The summed E-state index contributed by atoms with van der Waals surface area (Å²) < 4.78 is 10.4. The van der Waals surface area contributed by atoms with Crippen LogP contribution < -0.4 is 14.8 Å². The Bertz CT molecular complexity index is 855. The normalized spacial score (nSPS) is 10.2. The molecule has 0 aliphatic heterocycles. The highest BCUT2D eigenvalue weighted by atomic mass is 16.5. The van der Waals surface area contributed by atoms with Gasteiger partial charge in [0.2, 0.25) is 0 Å². The van der Waals surface area contributed by atoms with Gasteiger partial charge in [0.05, 0.1) is 19.8 Å². The van der Waals surface area contributed by atoms with Crippen molar-refractivity contribution in [3.05, 3.63) is 83.9 Å². The Kier molecular flexibility index (Phi) is 5.00. The Hall–Kier alpha value is -3.27. The second-order valence-corrected chi connectivity index (χ2v) is 5.46. The third-order valence-electron chi connectivity index (χ3n) is 3.88. The number of ketones is 1. The summed E-state index contributed by atoms with van der Waals surface area (Å²) in [4.78, 5) is 12.7. The van der Waals surface area contributed by atoms with E-state index in [1.807, 2.05) is 48.5 Å². The fraction of sp³-hybridized carbons (Fsp3) is 0.0952. The van der Waals surface area contributed by atoms with E-state index in [4.69, 9.17) is 9.47 Å². The van der Waals surface area contributed by atoms with Crippen molar-refractivity contribution in [1.29, 1.82) is 0 Å². The van der Waals surface area contributed by atoms with E-state index < -0.39 is 0 Å². The van der Waals surface area contributed by atoms with E-state index >= 15 is 0 Å². The van der Waals surface area contributed by atoms with Crippen LogP contribution in [0.1, 0.15) is 15.9 Å². The van der Waals surface area contributed by atoms with Crippen LogP contribution in [-0.2, 0) is 0 Å². The Balaban J connectivity index is 1.76. The van der Waals surface area contributed by atoms with Crippen LogP contribution in [0.25, 0.3) is 0 Å². The summed E-state index contributed by atoms with van der Waals surface area (Å²) in [5, 5.41) is 3.29. The first kappa shape index (κ1) is 16.6. The molecule has 3 aromatic rings. The van der Waals surface area contributed by atoms with Crippen molar-refractivity contribution in [1.82, 2.24) is 0 Å². The van der Waals surface area contributed by atoms with Crippen molar-refractivity contribution in [2.75, 3.05) is 19.5 Å². The van der Waals surface area contributed by atoms with E-state index in [1.165, 1.54) is 0 Å². The summed E-state index contributed by atoms with van der Waals surface area (Å²) in [6, 6.07) is 22.3. The molecule has 126 valence electrons. The molecule has 0 atom stereocenters. The average Bonchev–Trinajstić information content (AvgIpc) is 2.68. The summed E-state index contributed by atoms with van der Waals surface area (Å²) in [6.45, 7) is 0. The van der Waals surface area contributed by atoms with Crippen molar-refractivity contribution in [2.24, 2.45) is 0 Å². The van der Waals surface area contributed by atoms with Crippen LogP contribution in [0.15, 0.2) is 72.8 Å². The second kappa shape index (κ2) is 7.53. The number of benzene rings is 3. The lowest BCUT2D eigenvalue weighted by atomic mass is 10.0. The van der Waals surface area contributed by atoms with Crippen molar-refractivity contribution < 1.29 is 14.3 Å². The zero-order valence-corrected chi connectivity index (χ0v) is 14.2. The molecule has 0 spiro atoms. The SMILES string of the molecule is COc1ccc(Nc2ccc(C(=O)c3ccccc3OC)cc2)cc1. The topological polar surface area (TPSA) is 47.6 Å². The summed E-state index contributed by atoms with van der Waals surface area (Å²) in [5.41, 5.74) is 3.02. The van der Waals surface area contributed by atoms with E-state index in [1.54, 1.807) is 38.5 Å². The van der Waals surface area contributed by atoms with Gasteiger partial charge in [0.25, 0.3) is 0 Å². The van der Waals surface area contributed by atoms with Crippen LogP contribution in [0.4, 0.5) is 11.4 Å². The van der Waals surface area contributed by atoms with Crippen LogP contribution in [-0.4, -0.2) is 20.0 Å². The van der Waals surface area contributed by atoms with Crippen LogP contribution in [0.2, 0.25) is 0 Å². The molecule has 0 radical (unpaired) electrons. The van der Waals surface area contributed by atoms with Crippen molar-refractivity contribution in [3.63, 3.8) is 0 Å². The number of ether oxygens (including phenoxy) is 2. The Morgan fingerprint density at radius 3 is 1.96 bits per heavy atom. The number of anilines is 2. The molecular formula is C21H19NO3. The number of para-hydroxylation sites is 1. The van der Waals surface area contributed by atoms with Gasteiger partial charge < -0.3 is 14.8 Å². The molecule has 0 saturated heterocycles. The predicted octanol–water partition coefficient (Wildman–Crippen LogP) is 4.68. The molecule has 0 amide bonds. The van der Waals surface area contributed by atoms with Gasteiger partial charge in [-0.1, -0.05) is 12.1 Å². The highest BCUT2D eigenvalue weighted by Crippen LogP contribution is 2.23. The first-order valence-electron chi connectivity index (χ1n) is 7.90. The highest BCUT2D eigenvalue weighted by Gasteiger charge is 2.13. The largest absolute Gasteiger partial charge is 0.497 e. The molecule has 0 fully saturated rings. The zero-order chi connectivity index (χ0) is 17.6. The molecule has 0 unspecified atom stereocenters. The number of nitrogens with one attached hydrogen (secondary N) is 1. The average molecular weight is 333 g/mol. The number of methoxy groups -OCH3 is 2. The number of carbonyl (C=O) groups excluding carboxylic acids is 1. The van der Waals surface area contributed by atoms with Gasteiger partial charge in [-0.2, -0.15) is 0 Å². The van der Waals surface area contributed by atoms with Gasteiger partial charge in [0.15, 0.2) is 5.78 Å². The molecule has 4 nitrogen and oxygen atoms in total. The van der Waals surface area contributed by atoms with Crippen molar-refractivity contribution in [2.45, 2.75) is 0 Å². The van der Waals surface area contributed by atoms with Crippen LogP contribution in [0.3, 0.4) is 0 Å². The van der Waals surface area contributed by atoms with Crippen LogP contribution in [0.5, 0.6) is 11.5 Å². The third kappa shape index (κ3) is 3.80. The lowest BCUT2D eigenvalue weighted by Crippen LogP contribution is -2.04. The molecule has 0 aliphatic rings. The Morgan fingerprint density at radius 1 is 0.760 bits per heavy atom. The minimum absolute atomic E-state index is 0.0616. The summed E-state index contributed by atoms with van der Waals surface area (Å²) in [6.07, 6.45) is 0. The van der Waals surface area contributed by atoms with Gasteiger partial charge >= 0.3 is 0 Å². The molecule has 0 aliphatic carbocycles. The minimum atomic E-state index is -0.0616.